The van der Waals surface area contributed by atoms with Crippen LogP contribution in [-0.2, 0) is 11.8 Å². The van der Waals surface area contributed by atoms with Gasteiger partial charge in [-0.05, 0) is 38.7 Å². The molecule has 0 bridgehead atoms. The van der Waals surface area contributed by atoms with E-state index >= 15 is 0 Å². The number of nitrogens with zero attached hydrogens (tertiary/aromatic N) is 3. The number of hydrogen-bond donors (Lipinski definition) is 1. The van der Waals surface area contributed by atoms with Crippen LogP contribution in [0, 0.1) is 12.8 Å². The normalized spacial score (nSPS) is 23.5. The molecule has 0 aromatic carbocycles. The lowest BCUT2D eigenvalue weighted by Gasteiger charge is -2.38. The number of piperidine rings is 1. The van der Waals surface area contributed by atoms with Gasteiger partial charge in [0.2, 0.25) is 0 Å². The second-order valence-corrected chi connectivity index (χ2v) is 5.79. The number of rotatable bonds is 3. The third-order valence-corrected chi connectivity index (χ3v) is 4.04. The molecule has 5 heteroatoms. The van der Waals surface area contributed by atoms with Crippen molar-refractivity contribution in [3.63, 3.8) is 0 Å². The largest absolute Gasteiger partial charge is 0.478 e. The number of aryl methyl sites for hydroxylation is 2. The SMILES string of the molecule is Cc1nn(C)c(N2CCC(C)CC2C)c1C=CC(=O)O. The minimum Gasteiger partial charge on any atom is -0.478 e. The summed E-state index contributed by atoms with van der Waals surface area (Å²) >= 11 is 0. The maximum absolute atomic E-state index is 10.8. The predicted molar refractivity (Wildman–Crippen MR) is 79.8 cm³/mol. The average Bonchev–Trinajstić information content (AvgIpc) is 2.61. The molecule has 0 saturated carbocycles. The number of anilines is 1. The Bertz CT molecular complexity index is 533. The van der Waals surface area contributed by atoms with Crippen LogP contribution < -0.4 is 4.90 Å². The molecule has 1 aliphatic rings. The quantitative estimate of drug-likeness (QED) is 0.862. The standard InChI is InChI=1S/C15H23N3O2/c1-10-7-8-18(11(2)9-10)15-13(5-6-14(19)20)12(3)16-17(15)4/h5-6,10-11H,7-9H2,1-4H3,(H,19,20). The molecule has 1 N–H and O–H groups in total. The lowest BCUT2D eigenvalue weighted by Crippen LogP contribution is -2.41. The van der Waals surface area contributed by atoms with E-state index in [1.54, 1.807) is 6.08 Å². The molecule has 2 unspecified atom stereocenters. The van der Waals surface area contributed by atoms with Crippen LogP contribution in [0.1, 0.15) is 37.9 Å². The van der Waals surface area contributed by atoms with Crippen molar-refractivity contribution in [2.45, 2.75) is 39.7 Å². The van der Waals surface area contributed by atoms with E-state index in [4.69, 9.17) is 5.11 Å². The molecule has 5 nitrogen and oxygen atoms in total. The first-order valence-electron chi connectivity index (χ1n) is 7.11. The third-order valence-electron chi connectivity index (χ3n) is 4.04. The molecule has 2 atom stereocenters. The van der Waals surface area contributed by atoms with Crippen LogP contribution in [0.25, 0.3) is 6.08 Å². The predicted octanol–water partition coefficient (Wildman–Crippen LogP) is 2.45. The van der Waals surface area contributed by atoms with E-state index < -0.39 is 5.97 Å². The van der Waals surface area contributed by atoms with Crippen molar-refractivity contribution in [2.75, 3.05) is 11.4 Å². The van der Waals surface area contributed by atoms with Crippen LogP contribution in [-0.4, -0.2) is 33.4 Å². The molecule has 110 valence electrons. The fourth-order valence-corrected chi connectivity index (χ4v) is 3.07. The zero-order chi connectivity index (χ0) is 14.9. The summed E-state index contributed by atoms with van der Waals surface area (Å²) in [6.45, 7) is 7.42. The highest BCUT2D eigenvalue weighted by molar-refractivity contribution is 5.87. The van der Waals surface area contributed by atoms with Crippen molar-refractivity contribution in [2.24, 2.45) is 13.0 Å². The first kappa shape index (κ1) is 14.6. The summed E-state index contributed by atoms with van der Waals surface area (Å²) in [6, 6.07) is 0.450. The van der Waals surface area contributed by atoms with Gasteiger partial charge in [-0.1, -0.05) is 6.92 Å². The molecular formula is C15H23N3O2. The molecule has 1 saturated heterocycles. The Morgan fingerprint density at radius 2 is 2.15 bits per heavy atom. The van der Waals surface area contributed by atoms with Gasteiger partial charge in [0.15, 0.2) is 0 Å². The van der Waals surface area contributed by atoms with Crippen molar-refractivity contribution >= 4 is 17.9 Å². The average molecular weight is 277 g/mol. The van der Waals surface area contributed by atoms with Gasteiger partial charge in [0, 0.05) is 31.3 Å². The van der Waals surface area contributed by atoms with E-state index in [0.29, 0.717) is 6.04 Å². The highest BCUT2D eigenvalue weighted by atomic mass is 16.4. The summed E-state index contributed by atoms with van der Waals surface area (Å²) in [7, 11) is 1.92. The van der Waals surface area contributed by atoms with Gasteiger partial charge in [0.25, 0.3) is 0 Å². The lowest BCUT2D eigenvalue weighted by atomic mass is 9.93. The number of carboxylic acid groups (broad SMARTS) is 1. The molecule has 2 rings (SSSR count). The number of aliphatic carboxylic acids is 1. The van der Waals surface area contributed by atoms with Gasteiger partial charge in [-0.15, -0.1) is 0 Å². The van der Waals surface area contributed by atoms with Crippen molar-refractivity contribution in [3.05, 3.63) is 17.3 Å². The van der Waals surface area contributed by atoms with Crippen LogP contribution in [0.15, 0.2) is 6.08 Å². The fraction of sp³-hybridized carbons (Fsp3) is 0.600. The van der Waals surface area contributed by atoms with Gasteiger partial charge < -0.3 is 10.0 Å². The highest BCUT2D eigenvalue weighted by Gasteiger charge is 2.27. The lowest BCUT2D eigenvalue weighted by molar-refractivity contribution is -0.131. The number of carbonyl (C=O) groups is 1. The van der Waals surface area contributed by atoms with Crippen molar-refractivity contribution in [3.8, 4) is 0 Å². The molecule has 1 aromatic rings. The van der Waals surface area contributed by atoms with E-state index in [1.165, 1.54) is 6.08 Å². The van der Waals surface area contributed by atoms with Crippen molar-refractivity contribution in [1.29, 1.82) is 0 Å². The summed E-state index contributed by atoms with van der Waals surface area (Å²) in [6.07, 6.45) is 5.17. The van der Waals surface area contributed by atoms with E-state index in [1.807, 2.05) is 18.7 Å². The summed E-state index contributed by atoms with van der Waals surface area (Å²) < 4.78 is 1.86. The maximum Gasteiger partial charge on any atom is 0.328 e. The third kappa shape index (κ3) is 2.86. The van der Waals surface area contributed by atoms with Gasteiger partial charge in [-0.3, -0.25) is 4.68 Å². The minimum absolute atomic E-state index is 0.450. The summed E-state index contributed by atoms with van der Waals surface area (Å²) in [4.78, 5) is 13.1. The van der Waals surface area contributed by atoms with Gasteiger partial charge in [-0.25, -0.2) is 4.79 Å². The van der Waals surface area contributed by atoms with Crippen molar-refractivity contribution < 1.29 is 9.90 Å². The topological polar surface area (TPSA) is 58.4 Å². The smallest absolute Gasteiger partial charge is 0.328 e. The van der Waals surface area contributed by atoms with E-state index in [9.17, 15) is 4.79 Å². The second kappa shape index (κ2) is 5.69. The zero-order valence-electron chi connectivity index (χ0n) is 12.6. The molecule has 2 heterocycles. The van der Waals surface area contributed by atoms with E-state index in [-0.39, 0.29) is 0 Å². The van der Waals surface area contributed by atoms with Crippen LogP contribution in [0.2, 0.25) is 0 Å². The number of aromatic nitrogens is 2. The number of hydrogen-bond acceptors (Lipinski definition) is 3. The minimum atomic E-state index is -0.931. The Kier molecular flexibility index (Phi) is 4.16. The fourth-order valence-electron chi connectivity index (χ4n) is 3.07. The van der Waals surface area contributed by atoms with Crippen LogP contribution >= 0.6 is 0 Å². The first-order valence-corrected chi connectivity index (χ1v) is 7.11. The maximum atomic E-state index is 10.8. The van der Waals surface area contributed by atoms with E-state index in [0.717, 1.165) is 42.4 Å². The molecule has 0 aliphatic carbocycles. The zero-order valence-corrected chi connectivity index (χ0v) is 12.6. The number of carboxylic acids is 1. The Morgan fingerprint density at radius 3 is 2.75 bits per heavy atom. The first-order chi connectivity index (χ1) is 9.40. The van der Waals surface area contributed by atoms with Gasteiger partial charge in [0.05, 0.1) is 5.69 Å². The molecule has 1 fully saturated rings. The second-order valence-electron chi connectivity index (χ2n) is 5.79. The Balaban J connectivity index is 2.38. The van der Waals surface area contributed by atoms with Gasteiger partial charge in [0.1, 0.15) is 5.82 Å². The molecule has 1 aromatic heterocycles. The molecule has 0 amide bonds. The van der Waals surface area contributed by atoms with E-state index in [2.05, 4.69) is 23.8 Å². The molecule has 1 aliphatic heterocycles. The molecule has 0 radical (unpaired) electrons. The van der Waals surface area contributed by atoms with Gasteiger partial charge in [-0.2, -0.15) is 5.10 Å². The van der Waals surface area contributed by atoms with Crippen LogP contribution in [0.5, 0.6) is 0 Å². The monoisotopic (exact) mass is 277 g/mol. The van der Waals surface area contributed by atoms with Crippen LogP contribution in [0.4, 0.5) is 5.82 Å². The summed E-state index contributed by atoms with van der Waals surface area (Å²) in [5, 5.41) is 13.3. The Hall–Kier alpha value is -1.78. The summed E-state index contributed by atoms with van der Waals surface area (Å²) in [5.74, 6) is 0.840. The van der Waals surface area contributed by atoms with Crippen LogP contribution in [0.3, 0.4) is 0 Å². The Labute approximate surface area is 119 Å². The molecule has 20 heavy (non-hydrogen) atoms. The molecule has 0 spiro atoms. The molecular weight excluding hydrogens is 254 g/mol. The highest BCUT2D eigenvalue weighted by Crippen LogP contribution is 2.32. The van der Waals surface area contributed by atoms with Gasteiger partial charge >= 0.3 is 5.97 Å². The van der Waals surface area contributed by atoms with Crippen molar-refractivity contribution in [1.82, 2.24) is 9.78 Å². The summed E-state index contributed by atoms with van der Waals surface area (Å²) in [5.41, 5.74) is 1.78. The Morgan fingerprint density at radius 1 is 1.45 bits per heavy atom.